The average molecular weight is 354 g/mol. The maximum atomic E-state index is 14.1. The molecule has 6 nitrogen and oxygen atoms in total. The first-order valence-corrected chi connectivity index (χ1v) is 7.17. The largest absolute Gasteiger partial charge is 0.497 e. The molecule has 0 aliphatic heterocycles. The topological polar surface area (TPSA) is 75.7 Å². The highest BCUT2D eigenvalue weighted by Crippen LogP contribution is 2.28. The third kappa shape index (κ3) is 3.35. The van der Waals surface area contributed by atoms with Gasteiger partial charge in [0.1, 0.15) is 16.6 Å². The van der Waals surface area contributed by atoms with Gasteiger partial charge in [0.15, 0.2) is 11.6 Å². The number of anilines is 2. The lowest BCUT2D eigenvalue weighted by atomic mass is 10.1. The van der Waals surface area contributed by atoms with Gasteiger partial charge >= 0.3 is 0 Å². The molecule has 0 amide bonds. The number of ether oxygens (including phenoxy) is 1. The minimum Gasteiger partial charge on any atom is -0.497 e. The molecule has 0 atom stereocenters. The number of aromatic nitrogens is 4. The fourth-order valence-corrected chi connectivity index (χ4v) is 2.19. The number of methoxy groups -OCH3 is 1. The molecule has 3 aromatic rings. The van der Waals surface area contributed by atoms with E-state index in [1.54, 1.807) is 18.2 Å². The minimum atomic E-state index is -0.428. The summed E-state index contributed by atoms with van der Waals surface area (Å²) in [6, 6.07) is 6.18. The molecule has 1 aromatic carbocycles. The third-order valence-corrected chi connectivity index (χ3v) is 3.46. The molecule has 0 fully saturated rings. The fraction of sp³-hybridized carbons (Fsp3) is 0.0714. The van der Waals surface area contributed by atoms with Crippen LogP contribution in [0.2, 0.25) is 10.3 Å². The van der Waals surface area contributed by atoms with Crippen LogP contribution in [0.5, 0.6) is 5.75 Å². The Morgan fingerprint density at radius 3 is 2.83 bits per heavy atom. The summed E-state index contributed by atoms with van der Waals surface area (Å²) in [5.41, 5.74) is 0.849. The van der Waals surface area contributed by atoms with Crippen LogP contribution in [-0.4, -0.2) is 27.3 Å². The number of hydrogen-bond acceptors (Lipinski definition) is 5. The Hall–Kier alpha value is -2.38. The van der Waals surface area contributed by atoms with Crippen molar-refractivity contribution in [3.63, 3.8) is 0 Å². The van der Waals surface area contributed by atoms with Crippen molar-refractivity contribution in [3.05, 3.63) is 46.6 Å². The molecule has 0 unspecified atom stereocenters. The maximum Gasteiger partial charge on any atom is 0.224 e. The van der Waals surface area contributed by atoms with E-state index in [0.717, 1.165) is 0 Å². The van der Waals surface area contributed by atoms with Crippen LogP contribution < -0.4 is 10.1 Å². The van der Waals surface area contributed by atoms with E-state index in [-0.39, 0.29) is 10.3 Å². The van der Waals surface area contributed by atoms with Crippen LogP contribution in [0, 0.1) is 5.82 Å². The Morgan fingerprint density at radius 2 is 2.09 bits per heavy atom. The van der Waals surface area contributed by atoms with Gasteiger partial charge in [0.25, 0.3) is 0 Å². The first-order valence-electron chi connectivity index (χ1n) is 6.41. The number of hydrogen-bond donors (Lipinski definition) is 2. The average Bonchev–Trinajstić information content (AvgIpc) is 2.99. The van der Waals surface area contributed by atoms with E-state index in [4.69, 9.17) is 27.9 Å². The summed E-state index contributed by atoms with van der Waals surface area (Å²) in [5, 5.41) is 10.0. The Morgan fingerprint density at radius 1 is 1.26 bits per heavy atom. The molecule has 2 heterocycles. The second kappa shape index (κ2) is 6.39. The van der Waals surface area contributed by atoms with E-state index in [1.807, 2.05) is 0 Å². The number of benzene rings is 1. The molecule has 2 aromatic heterocycles. The lowest BCUT2D eigenvalue weighted by molar-refractivity contribution is 0.411. The lowest BCUT2D eigenvalue weighted by Gasteiger charge is -2.04. The monoisotopic (exact) mass is 353 g/mol. The molecule has 3 rings (SSSR count). The zero-order chi connectivity index (χ0) is 16.4. The van der Waals surface area contributed by atoms with Crippen molar-refractivity contribution in [1.29, 1.82) is 0 Å². The van der Waals surface area contributed by atoms with Gasteiger partial charge in [-0.2, -0.15) is 10.1 Å². The van der Waals surface area contributed by atoms with Crippen molar-refractivity contribution >= 4 is 34.8 Å². The van der Waals surface area contributed by atoms with Crippen molar-refractivity contribution in [2.24, 2.45) is 0 Å². The molecule has 0 spiro atoms. The summed E-state index contributed by atoms with van der Waals surface area (Å²) >= 11 is 11.7. The molecule has 118 valence electrons. The van der Waals surface area contributed by atoms with Gasteiger partial charge in [-0.3, -0.25) is 5.10 Å². The molecule has 0 aliphatic rings. The summed E-state index contributed by atoms with van der Waals surface area (Å²) < 4.78 is 19.0. The molecular weight excluding hydrogens is 344 g/mol. The van der Waals surface area contributed by atoms with E-state index < -0.39 is 5.82 Å². The number of nitrogens with one attached hydrogen (secondary N) is 2. The maximum absolute atomic E-state index is 14.1. The van der Waals surface area contributed by atoms with Crippen LogP contribution in [0.1, 0.15) is 0 Å². The van der Waals surface area contributed by atoms with Crippen LogP contribution in [0.4, 0.5) is 16.0 Å². The van der Waals surface area contributed by atoms with Crippen molar-refractivity contribution in [2.45, 2.75) is 0 Å². The van der Waals surface area contributed by atoms with Crippen LogP contribution in [0.15, 0.2) is 30.5 Å². The predicted molar refractivity (Wildman–Crippen MR) is 85.9 cm³/mol. The minimum absolute atomic E-state index is 0.0499. The normalized spacial score (nSPS) is 10.6. The molecule has 0 radical (unpaired) electrons. The van der Waals surface area contributed by atoms with Gasteiger partial charge in [0.05, 0.1) is 19.0 Å². The molecular formula is C14H10Cl2FN5O. The molecule has 23 heavy (non-hydrogen) atoms. The summed E-state index contributed by atoms with van der Waals surface area (Å²) in [7, 11) is 1.48. The summed E-state index contributed by atoms with van der Waals surface area (Å²) in [6.07, 6.45) is 1.37. The van der Waals surface area contributed by atoms with E-state index in [1.165, 1.54) is 19.4 Å². The number of H-pyrrole nitrogens is 1. The summed E-state index contributed by atoms with van der Waals surface area (Å²) in [4.78, 5) is 7.71. The van der Waals surface area contributed by atoms with Crippen molar-refractivity contribution < 1.29 is 9.13 Å². The number of aromatic amines is 1. The first-order chi connectivity index (χ1) is 11.1. The van der Waals surface area contributed by atoms with Crippen LogP contribution in [0.25, 0.3) is 11.3 Å². The van der Waals surface area contributed by atoms with Gasteiger partial charge in [0, 0.05) is 17.7 Å². The number of nitrogens with zero attached hydrogens (tertiary/aromatic N) is 3. The smallest absolute Gasteiger partial charge is 0.224 e. The molecule has 0 saturated heterocycles. The van der Waals surface area contributed by atoms with Gasteiger partial charge in [-0.15, -0.1) is 0 Å². The quantitative estimate of drug-likeness (QED) is 0.691. The van der Waals surface area contributed by atoms with Crippen molar-refractivity contribution in [2.75, 3.05) is 12.4 Å². The molecule has 9 heteroatoms. The second-order valence-corrected chi connectivity index (χ2v) is 5.22. The Labute approximate surface area is 140 Å². The SMILES string of the molecule is COc1ccc(-c2cc(Nc3nc(Cl)ncc3Cl)n[nH]2)c(F)c1. The van der Waals surface area contributed by atoms with E-state index in [2.05, 4.69) is 25.5 Å². The van der Waals surface area contributed by atoms with Gasteiger partial charge < -0.3 is 10.1 Å². The van der Waals surface area contributed by atoms with E-state index in [9.17, 15) is 4.39 Å². The lowest BCUT2D eigenvalue weighted by Crippen LogP contribution is -1.96. The predicted octanol–water partition coefficient (Wildman–Crippen LogP) is 4.06. The molecule has 0 bridgehead atoms. The van der Waals surface area contributed by atoms with Crippen LogP contribution in [0.3, 0.4) is 0 Å². The molecule has 0 saturated carbocycles. The highest BCUT2D eigenvalue weighted by Gasteiger charge is 2.12. The van der Waals surface area contributed by atoms with E-state index in [0.29, 0.717) is 28.6 Å². The third-order valence-electron chi connectivity index (χ3n) is 3.01. The highest BCUT2D eigenvalue weighted by molar-refractivity contribution is 6.33. The van der Waals surface area contributed by atoms with Crippen molar-refractivity contribution in [3.8, 4) is 17.0 Å². The Balaban J connectivity index is 1.87. The van der Waals surface area contributed by atoms with Gasteiger partial charge in [-0.05, 0) is 23.7 Å². The molecule has 2 N–H and O–H groups in total. The standard InChI is InChI=1S/C14H10Cl2FN5O/c1-23-7-2-3-8(10(17)4-7)11-5-12(22-21-11)19-13-9(15)6-18-14(16)20-13/h2-6H,1H3,(H2,18,19,20,21,22). The fourth-order valence-electron chi connectivity index (χ4n) is 1.92. The van der Waals surface area contributed by atoms with Crippen LogP contribution in [-0.2, 0) is 0 Å². The van der Waals surface area contributed by atoms with Crippen LogP contribution >= 0.6 is 23.2 Å². The molecule has 0 aliphatic carbocycles. The number of rotatable bonds is 4. The highest BCUT2D eigenvalue weighted by atomic mass is 35.5. The summed E-state index contributed by atoms with van der Waals surface area (Å²) in [5.74, 6) is 0.723. The summed E-state index contributed by atoms with van der Waals surface area (Å²) in [6.45, 7) is 0. The number of halogens is 3. The zero-order valence-corrected chi connectivity index (χ0v) is 13.3. The Kier molecular flexibility index (Phi) is 4.31. The van der Waals surface area contributed by atoms with Gasteiger partial charge in [-0.25, -0.2) is 9.37 Å². The first kappa shape index (κ1) is 15.5. The zero-order valence-electron chi connectivity index (χ0n) is 11.8. The van der Waals surface area contributed by atoms with Crippen molar-refractivity contribution in [1.82, 2.24) is 20.2 Å². The second-order valence-electron chi connectivity index (χ2n) is 4.47. The Bertz CT molecular complexity index is 855. The van der Waals surface area contributed by atoms with Gasteiger partial charge in [0.2, 0.25) is 5.28 Å². The van der Waals surface area contributed by atoms with Gasteiger partial charge in [-0.1, -0.05) is 11.6 Å². The van der Waals surface area contributed by atoms with E-state index >= 15 is 0 Å².